The highest BCUT2D eigenvalue weighted by atomic mass is 16.5. The van der Waals surface area contributed by atoms with E-state index in [0.29, 0.717) is 19.4 Å². The number of nitrogens with two attached hydrogens (primary N) is 1. The average molecular weight is 290 g/mol. The molecule has 5 nitrogen and oxygen atoms in total. The topological polar surface area (TPSA) is 72.6 Å². The summed E-state index contributed by atoms with van der Waals surface area (Å²) in [5.74, 6) is -0.296. The van der Waals surface area contributed by atoms with Crippen LogP contribution in [0.3, 0.4) is 0 Å². The third-order valence-corrected chi connectivity index (χ3v) is 3.92. The Morgan fingerprint density at radius 2 is 2.05 bits per heavy atom. The predicted octanol–water partition coefficient (Wildman–Crippen LogP) is 1.61. The lowest BCUT2D eigenvalue weighted by atomic mass is 9.97. The van der Waals surface area contributed by atoms with E-state index in [-0.39, 0.29) is 17.8 Å². The number of hydrogen-bond acceptors (Lipinski definition) is 4. The monoisotopic (exact) mass is 290 g/mol. The fourth-order valence-corrected chi connectivity index (χ4v) is 2.66. The van der Waals surface area contributed by atoms with Crippen molar-refractivity contribution >= 4 is 17.6 Å². The summed E-state index contributed by atoms with van der Waals surface area (Å²) in [6, 6.07) is 7.56. The lowest BCUT2D eigenvalue weighted by Gasteiger charge is -2.31. The fraction of sp³-hybridized carbons (Fsp3) is 0.500. The third-order valence-electron chi connectivity index (χ3n) is 3.92. The van der Waals surface area contributed by atoms with Crippen LogP contribution in [-0.4, -0.2) is 37.0 Å². The molecule has 1 saturated heterocycles. The van der Waals surface area contributed by atoms with Gasteiger partial charge in [0.2, 0.25) is 5.91 Å². The van der Waals surface area contributed by atoms with Crippen molar-refractivity contribution < 1.29 is 14.3 Å². The molecule has 0 saturated carbocycles. The maximum atomic E-state index is 12.2. The number of rotatable bonds is 4. The summed E-state index contributed by atoms with van der Waals surface area (Å²) >= 11 is 0. The van der Waals surface area contributed by atoms with Gasteiger partial charge in [-0.05, 0) is 37.0 Å². The molecule has 114 valence electrons. The van der Waals surface area contributed by atoms with Crippen molar-refractivity contribution in [2.75, 3.05) is 25.9 Å². The number of hydrogen-bond donors (Lipinski definition) is 1. The highest BCUT2D eigenvalue weighted by molar-refractivity contribution is 5.78. The van der Waals surface area contributed by atoms with Crippen LogP contribution in [-0.2, 0) is 20.7 Å². The van der Waals surface area contributed by atoms with Crippen LogP contribution in [0.1, 0.15) is 24.8 Å². The Kier molecular flexibility index (Phi) is 5.20. The van der Waals surface area contributed by atoms with Crippen LogP contribution in [0.5, 0.6) is 0 Å². The van der Waals surface area contributed by atoms with Gasteiger partial charge in [0.1, 0.15) is 0 Å². The molecular formula is C16H22N2O3. The summed E-state index contributed by atoms with van der Waals surface area (Å²) in [6.07, 6.45) is 2.80. The van der Waals surface area contributed by atoms with Crippen LogP contribution in [0, 0.1) is 5.92 Å². The lowest BCUT2D eigenvalue weighted by molar-refractivity contribution is -0.149. The SMILES string of the molecule is COC(=O)C1CCCN(C(=O)CCc2ccc(N)cc2)C1. The molecule has 1 aliphatic heterocycles. The number of aryl methyl sites for hydroxylation is 1. The van der Waals surface area contributed by atoms with Gasteiger partial charge < -0.3 is 15.4 Å². The number of methoxy groups -OCH3 is 1. The zero-order chi connectivity index (χ0) is 15.2. The van der Waals surface area contributed by atoms with Crippen LogP contribution in [0.4, 0.5) is 5.69 Å². The number of ether oxygens (including phenoxy) is 1. The van der Waals surface area contributed by atoms with Crippen LogP contribution in [0.2, 0.25) is 0 Å². The first kappa shape index (κ1) is 15.4. The molecule has 0 aromatic heterocycles. The number of carbonyl (C=O) groups excluding carboxylic acids is 2. The summed E-state index contributed by atoms with van der Waals surface area (Å²) in [7, 11) is 1.39. The Morgan fingerprint density at radius 3 is 2.71 bits per heavy atom. The normalized spacial score (nSPS) is 18.3. The molecular weight excluding hydrogens is 268 g/mol. The number of anilines is 1. The summed E-state index contributed by atoms with van der Waals surface area (Å²) < 4.78 is 4.77. The number of nitrogens with zero attached hydrogens (tertiary/aromatic N) is 1. The molecule has 1 atom stereocenters. The Bertz CT molecular complexity index is 499. The Labute approximate surface area is 125 Å². The zero-order valence-corrected chi connectivity index (χ0v) is 12.4. The molecule has 0 radical (unpaired) electrons. The van der Waals surface area contributed by atoms with E-state index in [0.717, 1.165) is 30.6 Å². The van der Waals surface area contributed by atoms with E-state index in [1.165, 1.54) is 7.11 Å². The Hall–Kier alpha value is -2.04. The quantitative estimate of drug-likeness (QED) is 0.675. The molecule has 2 rings (SSSR count). The molecule has 1 fully saturated rings. The number of piperidine rings is 1. The largest absolute Gasteiger partial charge is 0.469 e. The van der Waals surface area contributed by atoms with E-state index < -0.39 is 0 Å². The molecule has 1 heterocycles. The summed E-state index contributed by atoms with van der Waals surface area (Å²) in [5, 5.41) is 0. The minimum atomic E-state index is -0.217. The van der Waals surface area contributed by atoms with E-state index in [4.69, 9.17) is 10.5 Å². The summed E-state index contributed by atoms with van der Waals surface area (Å²) in [5.41, 5.74) is 7.46. The molecule has 2 N–H and O–H groups in total. The highest BCUT2D eigenvalue weighted by Crippen LogP contribution is 2.19. The van der Waals surface area contributed by atoms with Crippen molar-refractivity contribution in [3.8, 4) is 0 Å². The van der Waals surface area contributed by atoms with Gasteiger partial charge in [0.25, 0.3) is 0 Å². The zero-order valence-electron chi connectivity index (χ0n) is 12.4. The van der Waals surface area contributed by atoms with Gasteiger partial charge in [0.05, 0.1) is 13.0 Å². The van der Waals surface area contributed by atoms with Crippen LogP contribution in [0.15, 0.2) is 24.3 Å². The maximum Gasteiger partial charge on any atom is 0.310 e. The maximum absolute atomic E-state index is 12.2. The van der Waals surface area contributed by atoms with Gasteiger partial charge >= 0.3 is 5.97 Å². The lowest BCUT2D eigenvalue weighted by Crippen LogP contribution is -2.42. The Morgan fingerprint density at radius 1 is 1.33 bits per heavy atom. The van der Waals surface area contributed by atoms with Crippen molar-refractivity contribution in [3.05, 3.63) is 29.8 Å². The molecule has 21 heavy (non-hydrogen) atoms. The molecule has 1 unspecified atom stereocenters. The highest BCUT2D eigenvalue weighted by Gasteiger charge is 2.28. The first-order valence-electron chi connectivity index (χ1n) is 7.30. The predicted molar refractivity (Wildman–Crippen MR) is 80.5 cm³/mol. The summed E-state index contributed by atoms with van der Waals surface area (Å²) in [6.45, 7) is 1.21. The molecule has 0 aliphatic carbocycles. The first-order valence-corrected chi connectivity index (χ1v) is 7.30. The first-order chi connectivity index (χ1) is 10.1. The number of carbonyl (C=O) groups is 2. The van der Waals surface area contributed by atoms with Gasteiger partial charge in [-0.1, -0.05) is 12.1 Å². The molecule has 1 aromatic carbocycles. The molecule has 1 aromatic rings. The van der Waals surface area contributed by atoms with Gasteiger partial charge in [-0.15, -0.1) is 0 Å². The number of esters is 1. The van der Waals surface area contributed by atoms with Crippen molar-refractivity contribution in [1.82, 2.24) is 4.90 Å². The van der Waals surface area contributed by atoms with E-state index in [9.17, 15) is 9.59 Å². The molecule has 1 amide bonds. The number of likely N-dealkylation sites (tertiary alicyclic amines) is 1. The molecule has 0 bridgehead atoms. The van der Waals surface area contributed by atoms with Gasteiger partial charge in [0, 0.05) is 25.2 Å². The smallest absolute Gasteiger partial charge is 0.310 e. The van der Waals surface area contributed by atoms with Gasteiger partial charge in [-0.25, -0.2) is 0 Å². The van der Waals surface area contributed by atoms with Crippen molar-refractivity contribution in [3.63, 3.8) is 0 Å². The second-order valence-corrected chi connectivity index (χ2v) is 5.44. The van der Waals surface area contributed by atoms with Crippen LogP contribution >= 0.6 is 0 Å². The van der Waals surface area contributed by atoms with Crippen molar-refractivity contribution in [1.29, 1.82) is 0 Å². The van der Waals surface area contributed by atoms with Crippen LogP contribution in [0.25, 0.3) is 0 Å². The second kappa shape index (κ2) is 7.11. The van der Waals surface area contributed by atoms with E-state index in [1.807, 2.05) is 24.3 Å². The van der Waals surface area contributed by atoms with E-state index >= 15 is 0 Å². The van der Waals surface area contributed by atoms with E-state index in [2.05, 4.69) is 0 Å². The standard InChI is InChI=1S/C16H22N2O3/c1-21-16(20)13-3-2-10-18(11-13)15(19)9-6-12-4-7-14(17)8-5-12/h4-5,7-8,13H,2-3,6,9-11,17H2,1H3. The fourth-order valence-electron chi connectivity index (χ4n) is 2.66. The molecule has 5 heteroatoms. The minimum absolute atomic E-state index is 0.0976. The van der Waals surface area contributed by atoms with Crippen molar-refractivity contribution in [2.45, 2.75) is 25.7 Å². The van der Waals surface area contributed by atoms with E-state index in [1.54, 1.807) is 4.90 Å². The number of amides is 1. The Balaban J connectivity index is 1.85. The number of nitrogen functional groups attached to an aromatic ring is 1. The minimum Gasteiger partial charge on any atom is -0.469 e. The third kappa shape index (κ3) is 4.21. The number of benzene rings is 1. The molecule has 0 spiro atoms. The van der Waals surface area contributed by atoms with Crippen molar-refractivity contribution in [2.24, 2.45) is 5.92 Å². The van der Waals surface area contributed by atoms with Gasteiger partial charge in [-0.2, -0.15) is 0 Å². The molecule has 1 aliphatic rings. The second-order valence-electron chi connectivity index (χ2n) is 5.44. The van der Waals surface area contributed by atoms with Crippen LogP contribution < -0.4 is 5.73 Å². The summed E-state index contributed by atoms with van der Waals surface area (Å²) in [4.78, 5) is 25.6. The van der Waals surface area contributed by atoms with Gasteiger partial charge in [-0.3, -0.25) is 9.59 Å². The average Bonchev–Trinajstić information content (AvgIpc) is 2.53. The van der Waals surface area contributed by atoms with Gasteiger partial charge in [0.15, 0.2) is 0 Å².